The first-order valence-electron chi connectivity index (χ1n) is 6.79. The number of amides is 1. The Morgan fingerprint density at radius 3 is 2.45 bits per heavy atom. The van der Waals surface area contributed by atoms with Crippen LogP contribution in [0, 0.1) is 0 Å². The molecular weight excluding hydrogens is 250 g/mol. The average molecular weight is 269 g/mol. The fourth-order valence-corrected chi connectivity index (χ4v) is 1.97. The Balaban J connectivity index is 2.14. The van der Waals surface area contributed by atoms with Crippen molar-refractivity contribution in [2.24, 2.45) is 0 Å². The van der Waals surface area contributed by atoms with E-state index in [4.69, 9.17) is 4.74 Å². The molecule has 0 fully saturated rings. The Morgan fingerprint density at radius 1 is 1.05 bits per heavy atom. The van der Waals surface area contributed by atoms with Gasteiger partial charge in [-0.1, -0.05) is 31.2 Å². The minimum absolute atomic E-state index is 0.0189. The van der Waals surface area contributed by atoms with Crippen LogP contribution in [0.5, 0.6) is 11.5 Å². The first-order chi connectivity index (χ1) is 9.70. The van der Waals surface area contributed by atoms with Crippen molar-refractivity contribution in [3.8, 4) is 11.5 Å². The van der Waals surface area contributed by atoms with Gasteiger partial charge in [0.25, 0.3) is 5.91 Å². The van der Waals surface area contributed by atoms with Crippen LogP contribution in [0.1, 0.15) is 23.7 Å². The van der Waals surface area contributed by atoms with Gasteiger partial charge in [0.1, 0.15) is 11.5 Å². The Labute approximate surface area is 119 Å². The van der Waals surface area contributed by atoms with Gasteiger partial charge in [-0.15, -0.1) is 0 Å². The molecule has 0 heterocycles. The third kappa shape index (κ3) is 3.60. The second-order valence-corrected chi connectivity index (χ2v) is 4.67. The van der Waals surface area contributed by atoms with Crippen LogP contribution < -0.4 is 4.74 Å². The second kappa shape index (κ2) is 6.75. The zero-order valence-electron chi connectivity index (χ0n) is 11.9. The van der Waals surface area contributed by atoms with Crippen LogP contribution in [0.25, 0.3) is 0 Å². The molecule has 20 heavy (non-hydrogen) atoms. The average Bonchev–Trinajstić information content (AvgIpc) is 2.48. The van der Waals surface area contributed by atoms with Crippen LogP contribution in [-0.4, -0.2) is 24.4 Å². The fourth-order valence-electron chi connectivity index (χ4n) is 1.97. The number of rotatable bonds is 5. The number of ether oxygens (including phenoxy) is 1. The fraction of sp³-hybridized carbons (Fsp3) is 0.235. The number of hydrogen-bond donors (Lipinski definition) is 0. The zero-order valence-corrected chi connectivity index (χ0v) is 11.9. The molecule has 1 amide bonds. The first kappa shape index (κ1) is 14.1. The third-order valence-electron chi connectivity index (χ3n) is 2.97. The number of carbonyl (C=O) groups excluding carboxylic acids is 1. The zero-order chi connectivity index (χ0) is 14.4. The van der Waals surface area contributed by atoms with E-state index in [1.165, 1.54) is 0 Å². The van der Waals surface area contributed by atoms with Gasteiger partial charge in [0, 0.05) is 19.2 Å². The van der Waals surface area contributed by atoms with Gasteiger partial charge in [0.05, 0.1) is 0 Å². The highest BCUT2D eigenvalue weighted by Crippen LogP contribution is 2.22. The highest BCUT2D eigenvalue weighted by atomic mass is 16.5. The van der Waals surface area contributed by atoms with Gasteiger partial charge >= 0.3 is 0 Å². The molecule has 0 radical (unpaired) electrons. The Morgan fingerprint density at radius 2 is 1.75 bits per heavy atom. The molecule has 2 aromatic carbocycles. The molecule has 0 aliphatic carbocycles. The van der Waals surface area contributed by atoms with Gasteiger partial charge in [-0.2, -0.15) is 0 Å². The standard InChI is InChI=1S/C17H19NO2/c1-3-12-18(2)17(19)14-8-7-11-16(13-14)20-15-9-5-4-6-10-15/h4-11,13H,3,12H2,1-2H3. The summed E-state index contributed by atoms with van der Waals surface area (Å²) in [7, 11) is 1.82. The van der Waals surface area contributed by atoms with E-state index in [2.05, 4.69) is 6.92 Å². The summed E-state index contributed by atoms with van der Waals surface area (Å²) in [6.07, 6.45) is 0.947. The minimum atomic E-state index is 0.0189. The van der Waals surface area contributed by atoms with Gasteiger partial charge in [0.2, 0.25) is 0 Å². The van der Waals surface area contributed by atoms with Gasteiger partial charge in [-0.05, 0) is 36.8 Å². The number of nitrogens with zero attached hydrogens (tertiary/aromatic N) is 1. The molecule has 2 aromatic rings. The molecule has 0 atom stereocenters. The van der Waals surface area contributed by atoms with Crippen LogP contribution in [0.4, 0.5) is 0 Å². The molecule has 104 valence electrons. The molecule has 3 nitrogen and oxygen atoms in total. The summed E-state index contributed by atoms with van der Waals surface area (Å²) in [5.74, 6) is 1.45. The number of para-hydroxylation sites is 1. The highest BCUT2D eigenvalue weighted by molar-refractivity contribution is 5.94. The molecule has 3 heteroatoms. The molecule has 0 N–H and O–H groups in total. The summed E-state index contributed by atoms with van der Waals surface area (Å²) >= 11 is 0. The molecule has 0 aliphatic heterocycles. The van der Waals surface area contributed by atoms with Crippen LogP contribution in [0.15, 0.2) is 54.6 Å². The van der Waals surface area contributed by atoms with Crippen molar-refractivity contribution in [3.63, 3.8) is 0 Å². The Kier molecular flexibility index (Phi) is 4.77. The first-order valence-corrected chi connectivity index (χ1v) is 6.79. The van der Waals surface area contributed by atoms with E-state index in [1.54, 1.807) is 11.0 Å². The molecule has 0 saturated carbocycles. The number of benzene rings is 2. The molecular formula is C17H19NO2. The van der Waals surface area contributed by atoms with E-state index in [0.717, 1.165) is 18.7 Å². The Hall–Kier alpha value is -2.29. The van der Waals surface area contributed by atoms with E-state index in [9.17, 15) is 4.79 Å². The molecule has 0 spiro atoms. The lowest BCUT2D eigenvalue weighted by atomic mass is 10.2. The normalized spacial score (nSPS) is 10.1. The van der Waals surface area contributed by atoms with Crippen LogP contribution >= 0.6 is 0 Å². The summed E-state index contributed by atoms with van der Waals surface area (Å²) in [6.45, 7) is 2.81. The highest BCUT2D eigenvalue weighted by Gasteiger charge is 2.11. The molecule has 0 aromatic heterocycles. The van der Waals surface area contributed by atoms with Crippen molar-refractivity contribution < 1.29 is 9.53 Å². The smallest absolute Gasteiger partial charge is 0.253 e. The SMILES string of the molecule is CCCN(C)C(=O)c1cccc(Oc2ccccc2)c1. The number of hydrogen-bond acceptors (Lipinski definition) is 2. The molecule has 0 unspecified atom stereocenters. The summed E-state index contributed by atoms with van der Waals surface area (Å²) < 4.78 is 5.74. The van der Waals surface area contributed by atoms with E-state index in [-0.39, 0.29) is 5.91 Å². The molecule has 0 saturated heterocycles. The third-order valence-corrected chi connectivity index (χ3v) is 2.97. The lowest BCUT2D eigenvalue weighted by molar-refractivity contribution is 0.0795. The van der Waals surface area contributed by atoms with Crippen molar-refractivity contribution in [3.05, 3.63) is 60.2 Å². The Bertz CT molecular complexity index is 566. The van der Waals surface area contributed by atoms with E-state index in [1.807, 2.05) is 55.6 Å². The quantitative estimate of drug-likeness (QED) is 0.822. The summed E-state index contributed by atoms with van der Waals surface area (Å²) in [4.78, 5) is 13.9. The second-order valence-electron chi connectivity index (χ2n) is 4.67. The van der Waals surface area contributed by atoms with Gasteiger partial charge < -0.3 is 9.64 Å². The van der Waals surface area contributed by atoms with Gasteiger partial charge in [-0.3, -0.25) is 4.79 Å². The van der Waals surface area contributed by atoms with Crippen molar-refractivity contribution >= 4 is 5.91 Å². The van der Waals surface area contributed by atoms with Gasteiger partial charge in [0.15, 0.2) is 0 Å². The molecule has 0 bridgehead atoms. The lowest BCUT2D eigenvalue weighted by Gasteiger charge is -2.16. The predicted molar refractivity (Wildman–Crippen MR) is 80.2 cm³/mol. The van der Waals surface area contributed by atoms with Crippen molar-refractivity contribution in [2.45, 2.75) is 13.3 Å². The molecule has 2 rings (SSSR count). The largest absolute Gasteiger partial charge is 0.457 e. The monoisotopic (exact) mass is 269 g/mol. The van der Waals surface area contributed by atoms with E-state index in [0.29, 0.717) is 11.3 Å². The van der Waals surface area contributed by atoms with Crippen LogP contribution in [-0.2, 0) is 0 Å². The van der Waals surface area contributed by atoms with Crippen molar-refractivity contribution in [2.75, 3.05) is 13.6 Å². The van der Waals surface area contributed by atoms with Crippen LogP contribution in [0.3, 0.4) is 0 Å². The van der Waals surface area contributed by atoms with Crippen LogP contribution in [0.2, 0.25) is 0 Å². The lowest BCUT2D eigenvalue weighted by Crippen LogP contribution is -2.27. The summed E-state index contributed by atoms with van der Waals surface area (Å²) in [5.41, 5.74) is 0.648. The van der Waals surface area contributed by atoms with Crippen molar-refractivity contribution in [1.82, 2.24) is 4.90 Å². The van der Waals surface area contributed by atoms with Gasteiger partial charge in [-0.25, -0.2) is 0 Å². The maximum atomic E-state index is 12.2. The van der Waals surface area contributed by atoms with E-state index < -0.39 is 0 Å². The molecule has 0 aliphatic rings. The maximum Gasteiger partial charge on any atom is 0.253 e. The summed E-state index contributed by atoms with van der Waals surface area (Å²) in [6, 6.07) is 16.8. The maximum absolute atomic E-state index is 12.2. The minimum Gasteiger partial charge on any atom is -0.457 e. The number of carbonyl (C=O) groups is 1. The summed E-state index contributed by atoms with van der Waals surface area (Å²) in [5, 5.41) is 0. The van der Waals surface area contributed by atoms with E-state index >= 15 is 0 Å². The predicted octanol–water partition coefficient (Wildman–Crippen LogP) is 3.96. The van der Waals surface area contributed by atoms with Crippen molar-refractivity contribution in [1.29, 1.82) is 0 Å². The topological polar surface area (TPSA) is 29.5 Å².